The van der Waals surface area contributed by atoms with Crippen molar-refractivity contribution in [3.8, 4) is 0 Å². The van der Waals surface area contributed by atoms with Gasteiger partial charge in [-0.15, -0.1) is 0 Å². The quantitative estimate of drug-likeness (QED) is 0.926. The van der Waals surface area contributed by atoms with E-state index in [0.29, 0.717) is 12.5 Å². The van der Waals surface area contributed by atoms with Gasteiger partial charge in [0.05, 0.1) is 6.10 Å². The Morgan fingerprint density at radius 2 is 2.19 bits per heavy atom. The lowest BCUT2D eigenvalue weighted by molar-refractivity contribution is -0.119. The van der Waals surface area contributed by atoms with Gasteiger partial charge in [0.1, 0.15) is 0 Å². The summed E-state index contributed by atoms with van der Waals surface area (Å²) in [7, 11) is 1.85. The van der Waals surface area contributed by atoms with Gasteiger partial charge in [0, 0.05) is 31.8 Å². The molecule has 2 atom stereocenters. The number of ether oxygens (including phenoxy) is 1. The highest BCUT2D eigenvalue weighted by Crippen LogP contribution is 2.33. The smallest absolute Gasteiger partial charge is 0.228 e. The van der Waals surface area contributed by atoms with E-state index < -0.39 is 0 Å². The molecular weight excluding hydrogens is 264 g/mol. The highest BCUT2D eigenvalue weighted by Gasteiger charge is 2.28. The zero-order valence-corrected chi connectivity index (χ0v) is 12.7. The largest absolute Gasteiger partial charge is 0.378 e. The number of nitrogens with zero attached hydrogens (tertiary/aromatic N) is 1. The van der Waals surface area contributed by atoms with E-state index >= 15 is 0 Å². The minimum absolute atomic E-state index is 0.133. The third-order valence-corrected chi connectivity index (χ3v) is 4.56. The molecule has 4 nitrogen and oxygen atoms in total. The molecule has 2 heterocycles. The number of amides is 1. The number of para-hydroxylation sites is 1. The third kappa shape index (κ3) is 3.27. The number of benzene rings is 1. The van der Waals surface area contributed by atoms with Crippen LogP contribution in [0, 0.1) is 0 Å². The van der Waals surface area contributed by atoms with Crippen LogP contribution >= 0.6 is 0 Å². The number of nitrogens with one attached hydrogen (secondary N) is 1. The standard InChI is InChI=1S/C17H24N2O2/c1-19-16-8-3-2-7-14(16)15(12-17(19)20)18-10-9-13-6-4-5-11-21-13/h2-3,7-8,13,15,18H,4-6,9-12H2,1H3. The van der Waals surface area contributed by atoms with Crippen LogP contribution in [-0.4, -0.2) is 32.2 Å². The Bertz CT molecular complexity index is 497. The summed E-state index contributed by atoms with van der Waals surface area (Å²) in [5.41, 5.74) is 2.25. The van der Waals surface area contributed by atoms with Gasteiger partial charge < -0.3 is 15.0 Å². The van der Waals surface area contributed by atoms with Crippen molar-refractivity contribution in [1.29, 1.82) is 0 Å². The molecule has 3 rings (SSSR count). The molecule has 0 aliphatic carbocycles. The first-order chi connectivity index (χ1) is 10.3. The Balaban J connectivity index is 1.60. The van der Waals surface area contributed by atoms with Crippen molar-refractivity contribution in [2.45, 2.75) is 44.2 Å². The summed E-state index contributed by atoms with van der Waals surface area (Å²) in [6.45, 7) is 1.81. The molecule has 1 amide bonds. The van der Waals surface area contributed by atoms with Crippen LogP contribution < -0.4 is 10.2 Å². The molecule has 0 radical (unpaired) electrons. The van der Waals surface area contributed by atoms with Gasteiger partial charge in [-0.3, -0.25) is 4.79 Å². The molecule has 0 spiro atoms. The molecule has 1 saturated heterocycles. The lowest BCUT2D eigenvalue weighted by Gasteiger charge is -2.32. The van der Waals surface area contributed by atoms with Crippen molar-refractivity contribution < 1.29 is 9.53 Å². The Labute approximate surface area is 126 Å². The third-order valence-electron chi connectivity index (χ3n) is 4.56. The summed E-state index contributed by atoms with van der Waals surface area (Å²) in [4.78, 5) is 13.9. The van der Waals surface area contributed by atoms with E-state index in [1.165, 1.54) is 24.8 Å². The molecule has 2 aliphatic heterocycles. The molecule has 114 valence electrons. The van der Waals surface area contributed by atoms with Crippen molar-refractivity contribution in [3.63, 3.8) is 0 Å². The van der Waals surface area contributed by atoms with E-state index in [2.05, 4.69) is 11.4 Å². The van der Waals surface area contributed by atoms with Gasteiger partial charge in [-0.25, -0.2) is 0 Å². The van der Waals surface area contributed by atoms with Crippen molar-refractivity contribution in [2.24, 2.45) is 0 Å². The summed E-state index contributed by atoms with van der Waals surface area (Å²) in [6.07, 6.45) is 5.61. The Hall–Kier alpha value is -1.39. The number of anilines is 1. The van der Waals surface area contributed by atoms with E-state index in [9.17, 15) is 4.79 Å². The minimum atomic E-state index is 0.133. The number of carbonyl (C=O) groups excluding carboxylic acids is 1. The van der Waals surface area contributed by atoms with Gasteiger partial charge in [-0.2, -0.15) is 0 Å². The van der Waals surface area contributed by atoms with Crippen molar-refractivity contribution in [3.05, 3.63) is 29.8 Å². The minimum Gasteiger partial charge on any atom is -0.378 e. The average molecular weight is 288 g/mol. The number of hydrogen-bond donors (Lipinski definition) is 1. The van der Waals surface area contributed by atoms with E-state index in [0.717, 1.165) is 25.3 Å². The Morgan fingerprint density at radius 3 is 3.00 bits per heavy atom. The monoisotopic (exact) mass is 288 g/mol. The highest BCUT2D eigenvalue weighted by atomic mass is 16.5. The predicted octanol–water partition coefficient (Wildman–Crippen LogP) is 2.64. The number of hydrogen-bond acceptors (Lipinski definition) is 3. The number of rotatable bonds is 4. The summed E-state index contributed by atoms with van der Waals surface area (Å²) in [5.74, 6) is 0.181. The van der Waals surface area contributed by atoms with Gasteiger partial charge in [0.25, 0.3) is 0 Å². The lowest BCUT2D eigenvalue weighted by Crippen LogP contribution is -2.38. The number of carbonyl (C=O) groups is 1. The molecule has 1 fully saturated rings. The molecule has 0 bridgehead atoms. The topological polar surface area (TPSA) is 41.6 Å². The van der Waals surface area contributed by atoms with Gasteiger partial charge in [0.2, 0.25) is 5.91 Å². The van der Waals surface area contributed by atoms with Gasteiger partial charge in [-0.1, -0.05) is 18.2 Å². The first-order valence-electron chi connectivity index (χ1n) is 7.96. The lowest BCUT2D eigenvalue weighted by atomic mass is 9.96. The van der Waals surface area contributed by atoms with Crippen LogP contribution in [0.1, 0.15) is 43.7 Å². The van der Waals surface area contributed by atoms with E-state index in [4.69, 9.17) is 4.74 Å². The first-order valence-corrected chi connectivity index (χ1v) is 7.96. The van der Waals surface area contributed by atoms with Gasteiger partial charge in [0.15, 0.2) is 0 Å². The van der Waals surface area contributed by atoms with Crippen molar-refractivity contribution >= 4 is 11.6 Å². The van der Waals surface area contributed by atoms with Crippen LogP contribution in [0.4, 0.5) is 5.69 Å². The van der Waals surface area contributed by atoms with E-state index in [-0.39, 0.29) is 11.9 Å². The second-order valence-electron chi connectivity index (χ2n) is 6.00. The van der Waals surface area contributed by atoms with Crippen molar-refractivity contribution in [1.82, 2.24) is 5.32 Å². The van der Waals surface area contributed by atoms with Crippen LogP contribution in [0.15, 0.2) is 24.3 Å². The normalized spacial score (nSPS) is 25.8. The van der Waals surface area contributed by atoms with Crippen LogP contribution in [0.2, 0.25) is 0 Å². The van der Waals surface area contributed by atoms with Crippen LogP contribution in [-0.2, 0) is 9.53 Å². The first kappa shape index (κ1) is 14.5. The molecule has 21 heavy (non-hydrogen) atoms. The molecule has 2 unspecified atom stereocenters. The zero-order chi connectivity index (χ0) is 14.7. The maximum absolute atomic E-state index is 12.1. The van der Waals surface area contributed by atoms with E-state index in [1.54, 1.807) is 4.90 Å². The van der Waals surface area contributed by atoms with Gasteiger partial charge >= 0.3 is 0 Å². The predicted molar refractivity (Wildman–Crippen MR) is 83.4 cm³/mol. The SMILES string of the molecule is CN1C(=O)CC(NCCC2CCCCO2)c2ccccc21. The zero-order valence-electron chi connectivity index (χ0n) is 12.7. The summed E-state index contributed by atoms with van der Waals surface area (Å²) >= 11 is 0. The number of fused-ring (bicyclic) bond motifs is 1. The Kier molecular flexibility index (Phi) is 4.56. The fourth-order valence-electron chi connectivity index (χ4n) is 3.28. The van der Waals surface area contributed by atoms with Crippen LogP contribution in [0.5, 0.6) is 0 Å². The molecule has 1 aromatic rings. The highest BCUT2D eigenvalue weighted by molar-refractivity contribution is 5.96. The fraction of sp³-hybridized carbons (Fsp3) is 0.588. The molecule has 1 N–H and O–H groups in total. The fourth-order valence-corrected chi connectivity index (χ4v) is 3.28. The molecular formula is C17H24N2O2. The summed E-state index contributed by atoms with van der Waals surface area (Å²) < 4.78 is 5.76. The molecule has 1 aromatic carbocycles. The summed E-state index contributed by atoms with van der Waals surface area (Å²) in [6, 6.07) is 8.30. The van der Waals surface area contributed by atoms with Crippen molar-refractivity contribution in [2.75, 3.05) is 25.1 Å². The maximum Gasteiger partial charge on any atom is 0.228 e. The summed E-state index contributed by atoms with van der Waals surface area (Å²) in [5, 5.41) is 3.55. The molecule has 0 saturated carbocycles. The molecule has 4 heteroatoms. The molecule has 2 aliphatic rings. The van der Waals surface area contributed by atoms with Crippen LogP contribution in [0.3, 0.4) is 0 Å². The second kappa shape index (κ2) is 6.58. The molecule has 0 aromatic heterocycles. The second-order valence-corrected chi connectivity index (χ2v) is 6.00. The van der Waals surface area contributed by atoms with Gasteiger partial charge in [-0.05, 0) is 43.9 Å². The van der Waals surface area contributed by atoms with Crippen LogP contribution in [0.25, 0.3) is 0 Å². The average Bonchev–Trinajstić information content (AvgIpc) is 2.53. The maximum atomic E-state index is 12.1. The van der Waals surface area contributed by atoms with E-state index in [1.807, 2.05) is 25.2 Å². The Morgan fingerprint density at radius 1 is 1.33 bits per heavy atom.